The fourth-order valence-corrected chi connectivity index (χ4v) is 2.88. The topological polar surface area (TPSA) is 43.8 Å². The molecule has 1 saturated heterocycles. The molecule has 1 amide bonds. The molecule has 110 valence electrons. The van der Waals surface area contributed by atoms with E-state index in [2.05, 4.69) is 11.8 Å². The number of aryl methyl sites for hydroxylation is 1. The molecule has 2 rings (SSSR count). The molecule has 0 radical (unpaired) electrons. The Morgan fingerprint density at radius 1 is 1.50 bits per heavy atom. The van der Waals surface area contributed by atoms with Crippen molar-refractivity contribution in [2.45, 2.75) is 32.7 Å². The molecule has 1 aliphatic rings. The van der Waals surface area contributed by atoms with Crippen LogP contribution in [0.2, 0.25) is 0 Å². The van der Waals surface area contributed by atoms with Crippen LogP contribution in [-0.2, 0) is 0 Å². The standard InChI is InChI=1S/C16H24N2O2/c1-4-18-9-5-6-14(18)11-17(3)16(20)13-8-7-12(2)15(19)10-13/h7-8,10,14,19H,4-6,9,11H2,1-3H3. The fraction of sp³-hybridized carbons (Fsp3) is 0.562. The van der Waals surface area contributed by atoms with Gasteiger partial charge in [-0.15, -0.1) is 0 Å². The maximum atomic E-state index is 12.4. The van der Waals surface area contributed by atoms with Crippen molar-refractivity contribution in [3.05, 3.63) is 29.3 Å². The van der Waals surface area contributed by atoms with Gasteiger partial charge in [-0.05, 0) is 50.6 Å². The number of hydrogen-bond acceptors (Lipinski definition) is 3. The Labute approximate surface area is 121 Å². The van der Waals surface area contributed by atoms with Gasteiger partial charge in [0, 0.05) is 25.2 Å². The summed E-state index contributed by atoms with van der Waals surface area (Å²) in [4.78, 5) is 16.6. The van der Waals surface area contributed by atoms with E-state index in [1.165, 1.54) is 6.42 Å². The Balaban J connectivity index is 2.03. The van der Waals surface area contributed by atoms with E-state index >= 15 is 0 Å². The highest BCUT2D eigenvalue weighted by Crippen LogP contribution is 2.20. The number of phenolic OH excluding ortho intramolecular Hbond substituents is 1. The third kappa shape index (κ3) is 3.12. The average Bonchev–Trinajstić information content (AvgIpc) is 2.88. The summed E-state index contributed by atoms with van der Waals surface area (Å²) in [6, 6.07) is 5.58. The van der Waals surface area contributed by atoms with Crippen molar-refractivity contribution in [3.63, 3.8) is 0 Å². The maximum absolute atomic E-state index is 12.4. The molecule has 1 aliphatic heterocycles. The normalized spacial score (nSPS) is 19.2. The summed E-state index contributed by atoms with van der Waals surface area (Å²) in [6.07, 6.45) is 2.37. The van der Waals surface area contributed by atoms with Crippen LogP contribution in [0.25, 0.3) is 0 Å². The van der Waals surface area contributed by atoms with Gasteiger partial charge in [-0.25, -0.2) is 0 Å². The summed E-state index contributed by atoms with van der Waals surface area (Å²) in [5.41, 5.74) is 1.34. The van der Waals surface area contributed by atoms with E-state index < -0.39 is 0 Å². The monoisotopic (exact) mass is 276 g/mol. The van der Waals surface area contributed by atoms with Crippen LogP contribution in [-0.4, -0.2) is 53.5 Å². The lowest BCUT2D eigenvalue weighted by atomic mass is 10.1. The van der Waals surface area contributed by atoms with Crippen LogP contribution < -0.4 is 0 Å². The van der Waals surface area contributed by atoms with Crippen LogP contribution in [0.5, 0.6) is 5.75 Å². The largest absolute Gasteiger partial charge is 0.508 e. The van der Waals surface area contributed by atoms with Gasteiger partial charge in [0.25, 0.3) is 5.91 Å². The van der Waals surface area contributed by atoms with Gasteiger partial charge in [0.2, 0.25) is 0 Å². The van der Waals surface area contributed by atoms with E-state index in [9.17, 15) is 9.90 Å². The van der Waals surface area contributed by atoms with Gasteiger partial charge in [-0.1, -0.05) is 13.0 Å². The summed E-state index contributed by atoms with van der Waals surface area (Å²) >= 11 is 0. The third-order valence-corrected chi connectivity index (χ3v) is 4.19. The lowest BCUT2D eigenvalue weighted by Gasteiger charge is -2.27. The van der Waals surface area contributed by atoms with E-state index in [1.807, 2.05) is 14.0 Å². The van der Waals surface area contributed by atoms with Crippen LogP contribution in [0.3, 0.4) is 0 Å². The number of phenols is 1. The maximum Gasteiger partial charge on any atom is 0.253 e. The van der Waals surface area contributed by atoms with E-state index in [1.54, 1.807) is 23.1 Å². The van der Waals surface area contributed by atoms with Crippen molar-refractivity contribution in [2.75, 3.05) is 26.7 Å². The smallest absolute Gasteiger partial charge is 0.253 e. The number of rotatable bonds is 4. The van der Waals surface area contributed by atoms with Crippen LogP contribution >= 0.6 is 0 Å². The first-order valence-electron chi connectivity index (χ1n) is 7.32. The molecule has 1 heterocycles. The van der Waals surface area contributed by atoms with E-state index in [0.29, 0.717) is 11.6 Å². The predicted octanol–water partition coefficient (Wildman–Crippen LogP) is 2.26. The van der Waals surface area contributed by atoms with Crippen LogP contribution in [0.4, 0.5) is 0 Å². The Morgan fingerprint density at radius 3 is 2.90 bits per heavy atom. The number of amides is 1. The minimum absolute atomic E-state index is 0.0248. The highest BCUT2D eigenvalue weighted by molar-refractivity contribution is 5.94. The zero-order valence-electron chi connectivity index (χ0n) is 12.6. The van der Waals surface area contributed by atoms with Crippen molar-refractivity contribution in [2.24, 2.45) is 0 Å². The highest BCUT2D eigenvalue weighted by atomic mass is 16.3. The molecule has 1 aromatic rings. The number of aromatic hydroxyl groups is 1. The second-order valence-corrected chi connectivity index (χ2v) is 5.61. The first-order chi connectivity index (χ1) is 9.52. The van der Waals surface area contributed by atoms with E-state index in [-0.39, 0.29) is 11.7 Å². The highest BCUT2D eigenvalue weighted by Gasteiger charge is 2.25. The third-order valence-electron chi connectivity index (χ3n) is 4.19. The lowest BCUT2D eigenvalue weighted by Crippen LogP contribution is -2.41. The van der Waals surface area contributed by atoms with Crippen LogP contribution in [0, 0.1) is 6.92 Å². The van der Waals surface area contributed by atoms with E-state index in [4.69, 9.17) is 0 Å². The van der Waals surface area contributed by atoms with Crippen molar-refractivity contribution < 1.29 is 9.90 Å². The fourth-order valence-electron chi connectivity index (χ4n) is 2.88. The number of benzene rings is 1. The van der Waals surface area contributed by atoms with Crippen molar-refractivity contribution in [1.29, 1.82) is 0 Å². The van der Waals surface area contributed by atoms with Crippen molar-refractivity contribution >= 4 is 5.91 Å². The minimum Gasteiger partial charge on any atom is -0.508 e. The molecule has 0 saturated carbocycles. The summed E-state index contributed by atoms with van der Waals surface area (Å²) in [7, 11) is 1.84. The van der Waals surface area contributed by atoms with Gasteiger partial charge in [0.05, 0.1) is 0 Å². The summed E-state index contributed by atoms with van der Waals surface area (Å²) in [5, 5.41) is 9.72. The van der Waals surface area contributed by atoms with Gasteiger partial charge in [-0.2, -0.15) is 0 Å². The SMILES string of the molecule is CCN1CCCC1CN(C)C(=O)c1ccc(C)c(O)c1. The molecule has 0 bridgehead atoms. The minimum atomic E-state index is -0.0248. The Hall–Kier alpha value is -1.55. The zero-order chi connectivity index (χ0) is 14.7. The molecule has 1 fully saturated rings. The Bertz CT molecular complexity index is 487. The molecule has 1 atom stereocenters. The van der Waals surface area contributed by atoms with Gasteiger partial charge >= 0.3 is 0 Å². The number of carbonyl (C=O) groups excluding carboxylic acids is 1. The molecule has 0 spiro atoms. The van der Waals surface area contributed by atoms with Gasteiger partial charge in [0.1, 0.15) is 5.75 Å². The molecule has 4 heteroatoms. The number of hydrogen-bond donors (Lipinski definition) is 1. The van der Waals surface area contributed by atoms with E-state index in [0.717, 1.165) is 31.6 Å². The zero-order valence-corrected chi connectivity index (χ0v) is 12.6. The molecule has 4 nitrogen and oxygen atoms in total. The molecule has 1 unspecified atom stereocenters. The average molecular weight is 276 g/mol. The molecule has 0 aliphatic carbocycles. The first kappa shape index (κ1) is 14.9. The predicted molar refractivity (Wildman–Crippen MR) is 80.1 cm³/mol. The Kier molecular flexibility index (Phi) is 4.65. The van der Waals surface area contributed by atoms with Gasteiger partial charge in [-0.3, -0.25) is 9.69 Å². The molecule has 1 aromatic carbocycles. The van der Waals surface area contributed by atoms with Crippen LogP contribution in [0.15, 0.2) is 18.2 Å². The summed E-state index contributed by atoms with van der Waals surface area (Å²) in [6.45, 7) is 6.91. The number of carbonyl (C=O) groups is 1. The molecule has 1 N–H and O–H groups in total. The number of nitrogens with zero attached hydrogens (tertiary/aromatic N) is 2. The molecule has 20 heavy (non-hydrogen) atoms. The number of likely N-dealkylation sites (tertiary alicyclic amines) is 1. The second kappa shape index (κ2) is 6.27. The van der Waals surface area contributed by atoms with Crippen LogP contribution in [0.1, 0.15) is 35.7 Å². The van der Waals surface area contributed by atoms with Gasteiger partial charge in [0.15, 0.2) is 0 Å². The first-order valence-corrected chi connectivity index (χ1v) is 7.32. The lowest BCUT2D eigenvalue weighted by molar-refractivity contribution is 0.0754. The van der Waals surface area contributed by atoms with Gasteiger partial charge < -0.3 is 10.0 Å². The summed E-state index contributed by atoms with van der Waals surface area (Å²) < 4.78 is 0. The Morgan fingerprint density at radius 2 is 2.25 bits per heavy atom. The van der Waals surface area contributed by atoms with Crippen molar-refractivity contribution in [1.82, 2.24) is 9.80 Å². The second-order valence-electron chi connectivity index (χ2n) is 5.61. The van der Waals surface area contributed by atoms with Crippen molar-refractivity contribution in [3.8, 4) is 5.75 Å². The number of likely N-dealkylation sites (N-methyl/N-ethyl adjacent to an activating group) is 2. The summed E-state index contributed by atoms with van der Waals surface area (Å²) in [5.74, 6) is 0.156. The molecular weight excluding hydrogens is 252 g/mol. The quantitative estimate of drug-likeness (QED) is 0.917. The molecule has 0 aromatic heterocycles. The molecular formula is C16H24N2O2.